The Morgan fingerprint density at radius 3 is 2.62 bits per heavy atom. The van der Waals surface area contributed by atoms with Crippen molar-refractivity contribution in [2.45, 2.75) is 24.4 Å². The minimum atomic E-state index is -3.62. The van der Waals surface area contributed by atoms with E-state index < -0.39 is 19.9 Å². The number of sulfonamides is 1. The number of hydrogen-bond donors (Lipinski definition) is 1. The second-order valence-electron chi connectivity index (χ2n) is 5.44. The van der Waals surface area contributed by atoms with Gasteiger partial charge < -0.3 is 5.32 Å². The van der Waals surface area contributed by atoms with E-state index in [1.54, 1.807) is 12.1 Å². The van der Waals surface area contributed by atoms with Crippen molar-refractivity contribution in [1.82, 2.24) is 9.62 Å². The third-order valence-corrected chi connectivity index (χ3v) is 7.57. The van der Waals surface area contributed by atoms with E-state index >= 15 is 0 Å². The van der Waals surface area contributed by atoms with Crippen molar-refractivity contribution in [3.05, 3.63) is 29.3 Å². The summed E-state index contributed by atoms with van der Waals surface area (Å²) in [6.45, 7) is 1.74. The lowest BCUT2D eigenvalue weighted by Gasteiger charge is -2.19. The van der Waals surface area contributed by atoms with Crippen LogP contribution >= 0.6 is 0 Å². The van der Waals surface area contributed by atoms with Gasteiger partial charge in [0, 0.05) is 26.2 Å². The van der Waals surface area contributed by atoms with Crippen molar-refractivity contribution in [3.63, 3.8) is 0 Å². The number of nitrogens with one attached hydrogen (secondary N) is 1. The Balaban J connectivity index is 1.90. The van der Waals surface area contributed by atoms with Crippen molar-refractivity contribution in [1.29, 1.82) is 0 Å². The summed E-state index contributed by atoms with van der Waals surface area (Å²) < 4.78 is 49.8. The molecule has 1 saturated heterocycles. The van der Waals surface area contributed by atoms with Gasteiger partial charge in [0.05, 0.1) is 16.4 Å². The lowest BCUT2D eigenvalue weighted by atomic mass is 10.1. The Kier molecular flexibility index (Phi) is 3.81. The molecule has 1 aromatic rings. The molecule has 1 fully saturated rings. The molecule has 6 nitrogen and oxygen atoms in total. The molecule has 0 bridgehead atoms. The van der Waals surface area contributed by atoms with Gasteiger partial charge in [-0.3, -0.25) is 0 Å². The molecule has 0 unspecified atom stereocenters. The first-order chi connectivity index (χ1) is 9.88. The smallest absolute Gasteiger partial charge is 0.243 e. The van der Waals surface area contributed by atoms with E-state index in [4.69, 9.17) is 0 Å². The number of benzene rings is 1. The molecule has 1 aromatic carbocycles. The summed E-state index contributed by atoms with van der Waals surface area (Å²) in [5.74, 6) is -0.0359. The quantitative estimate of drug-likeness (QED) is 0.831. The Hall–Kier alpha value is -0.960. The molecule has 0 aliphatic carbocycles. The van der Waals surface area contributed by atoms with Crippen molar-refractivity contribution in [2.75, 3.05) is 24.6 Å². The molecule has 2 aliphatic heterocycles. The molecular weight excluding hydrogens is 312 g/mol. The molecule has 3 rings (SSSR count). The predicted molar refractivity (Wildman–Crippen MR) is 79.0 cm³/mol. The highest BCUT2D eigenvalue weighted by Crippen LogP contribution is 2.23. The molecule has 0 amide bonds. The molecule has 2 aliphatic rings. The Bertz CT molecular complexity index is 756. The van der Waals surface area contributed by atoms with Gasteiger partial charge in [0.15, 0.2) is 9.84 Å². The molecule has 8 heteroatoms. The lowest BCUT2D eigenvalue weighted by molar-refractivity contribution is 0.434. The number of hydrogen-bond acceptors (Lipinski definition) is 5. The number of rotatable bonds is 2. The maximum absolute atomic E-state index is 12.7. The molecule has 116 valence electrons. The molecule has 0 radical (unpaired) electrons. The van der Waals surface area contributed by atoms with Gasteiger partial charge in [0.25, 0.3) is 0 Å². The zero-order chi connectivity index (χ0) is 15.1. The van der Waals surface area contributed by atoms with E-state index in [-0.39, 0.29) is 29.5 Å². The standard InChI is InChI=1S/C13H18N2O4S2/c16-20(17)6-1-4-15(5-7-20)21(18,19)13-3-2-11-9-14-10-12(11)8-13/h2-3,8,14H,1,4-7,9-10H2. The molecular formula is C13H18N2O4S2. The highest BCUT2D eigenvalue weighted by atomic mass is 32.2. The maximum Gasteiger partial charge on any atom is 0.243 e. The molecule has 1 N–H and O–H groups in total. The van der Waals surface area contributed by atoms with Crippen LogP contribution in [0.1, 0.15) is 17.5 Å². The van der Waals surface area contributed by atoms with Crippen LogP contribution in [0.2, 0.25) is 0 Å². The van der Waals surface area contributed by atoms with Gasteiger partial charge in [-0.1, -0.05) is 6.07 Å². The van der Waals surface area contributed by atoms with Gasteiger partial charge in [0.1, 0.15) is 0 Å². The Morgan fingerprint density at radius 2 is 1.81 bits per heavy atom. The minimum absolute atomic E-state index is 0.0417. The first kappa shape index (κ1) is 15.0. The SMILES string of the molecule is O=S1(=O)CCCN(S(=O)(=O)c2ccc3c(c2)CNC3)CC1. The highest BCUT2D eigenvalue weighted by Gasteiger charge is 2.29. The average molecular weight is 330 g/mol. The highest BCUT2D eigenvalue weighted by molar-refractivity contribution is 7.91. The summed E-state index contributed by atoms with van der Waals surface area (Å²) >= 11 is 0. The number of fused-ring (bicyclic) bond motifs is 1. The fourth-order valence-electron chi connectivity index (χ4n) is 2.74. The Labute approximate surface area is 125 Å². The van der Waals surface area contributed by atoms with Crippen LogP contribution in [0.3, 0.4) is 0 Å². The normalized spacial score (nSPS) is 22.7. The van der Waals surface area contributed by atoms with E-state index in [9.17, 15) is 16.8 Å². The van der Waals surface area contributed by atoms with E-state index in [1.807, 2.05) is 6.07 Å². The largest absolute Gasteiger partial charge is 0.309 e. The van der Waals surface area contributed by atoms with Gasteiger partial charge in [-0.25, -0.2) is 16.8 Å². The van der Waals surface area contributed by atoms with Crippen LogP contribution in [0.25, 0.3) is 0 Å². The summed E-state index contributed by atoms with van der Waals surface area (Å²) in [5, 5.41) is 3.18. The molecule has 0 aromatic heterocycles. The fraction of sp³-hybridized carbons (Fsp3) is 0.538. The first-order valence-electron chi connectivity index (χ1n) is 6.92. The van der Waals surface area contributed by atoms with Crippen molar-refractivity contribution >= 4 is 19.9 Å². The van der Waals surface area contributed by atoms with Gasteiger partial charge in [-0.2, -0.15) is 4.31 Å². The molecule has 2 heterocycles. The summed E-state index contributed by atoms with van der Waals surface area (Å²) in [4.78, 5) is 0.254. The maximum atomic E-state index is 12.7. The topological polar surface area (TPSA) is 83.6 Å². The second-order valence-corrected chi connectivity index (χ2v) is 9.69. The number of nitrogens with zero attached hydrogens (tertiary/aromatic N) is 1. The van der Waals surface area contributed by atoms with E-state index in [1.165, 1.54) is 4.31 Å². The molecule has 0 saturated carbocycles. The van der Waals surface area contributed by atoms with E-state index in [2.05, 4.69) is 5.32 Å². The van der Waals surface area contributed by atoms with E-state index in [0.29, 0.717) is 13.0 Å². The Morgan fingerprint density at radius 1 is 1.05 bits per heavy atom. The zero-order valence-corrected chi connectivity index (χ0v) is 13.2. The molecule has 0 atom stereocenters. The van der Waals surface area contributed by atoms with Gasteiger partial charge in [-0.05, 0) is 29.7 Å². The molecule has 21 heavy (non-hydrogen) atoms. The van der Waals surface area contributed by atoms with Gasteiger partial charge in [0.2, 0.25) is 10.0 Å². The third kappa shape index (κ3) is 2.98. The van der Waals surface area contributed by atoms with Crippen molar-refractivity contribution in [3.8, 4) is 0 Å². The van der Waals surface area contributed by atoms with Crippen LogP contribution in [0.4, 0.5) is 0 Å². The third-order valence-electron chi connectivity index (χ3n) is 3.96. The average Bonchev–Trinajstić information content (AvgIpc) is 2.81. The van der Waals surface area contributed by atoms with Gasteiger partial charge in [-0.15, -0.1) is 0 Å². The fourth-order valence-corrected chi connectivity index (χ4v) is 5.65. The van der Waals surface area contributed by atoms with Crippen LogP contribution in [0, 0.1) is 0 Å². The summed E-state index contributed by atoms with van der Waals surface area (Å²) in [6, 6.07) is 5.14. The minimum Gasteiger partial charge on any atom is -0.309 e. The van der Waals surface area contributed by atoms with Crippen molar-refractivity contribution < 1.29 is 16.8 Å². The second kappa shape index (κ2) is 5.35. The number of sulfone groups is 1. The van der Waals surface area contributed by atoms with Crippen LogP contribution in [-0.4, -0.2) is 45.7 Å². The summed E-state index contributed by atoms with van der Waals surface area (Å²) in [7, 11) is -6.74. The molecule has 0 spiro atoms. The van der Waals surface area contributed by atoms with Crippen LogP contribution < -0.4 is 5.32 Å². The van der Waals surface area contributed by atoms with E-state index in [0.717, 1.165) is 17.7 Å². The van der Waals surface area contributed by atoms with Crippen LogP contribution in [0.5, 0.6) is 0 Å². The predicted octanol–water partition coefficient (Wildman–Crippen LogP) is 0.0990. The van der Waals surface area contributed by atoms with Crippen LogP contribution in [-0.2, 0) is 33.0 Å². The monoisotopic (exact) mass is 330 g/mol. The zero-order valence-electron chi connectivity index (χ0n) is 11.6. The summed E-state index contributed by atoms with van der Waals surface area (Å²) in [5.41, 5.74) is 2.12. The lowest BCUT2D eigenvalue weighted by Crippen LogP contribution is -2.33. The van der Waals surface area contributed by atoms with Gasteiger partial charge >= 0.3 is 0 Å². The van der Waals surface area contributed by atoms with Crippen molar-refractivity contribution in [2.24, 2.45) is 0 Å². The van der Waals surface area contributed by atoms with Crippen LogP contribution in [0.15, 0.2) is 23.1 Å². The summed E-state index contributed by atoms with van der Waals surface area (Å²) in [6.07, 6.45) is 0.355. The first-order valence-corrected chi connectivity index (χ1v) is 10.2.